The van der Waals surface area contributed by atoms with Gasteiger partial charge < -0.3 is 19.5 Å². The Morgan fingerprint density at radius 2 is 1.94 bits per heavy atom. The molecule has 0 radical (unpaired) electrons. The highest BCUT2D eigenvalue weighted by Gasteiger charge is 2.45. The molecule has 3 rings (SSSR count). The Labute approximate surface area is 182 Å². The van der Waals surface area contributed by atoms with Crippen molar-refractivity contribution in [1.29, 1.82) is 0 Å². The number of aromatic nitrogens is 1. The molecular weight excluding hydrogens is 396 g/mol. The van der Waals surface area contributed by atoms with Crippen molar-refractivity contribution in [2.75, 3.05) is 19.8 Å². The summed E-state index contributed by atoms with van der Waals surface area (Å²) in [5.74, 6) is -0.977. The van der Waals surface area contributed by atoms with E-state index in [4.69, 9.17) is 9.47 Å². The number of ketones is 1. The smallest absolute Gasteiger partial charge is 0.295 e. The summed E-state index contributed by atoms with van der Waals surface area (Å²) in [6.45, 7) is 7.04. The number of rotatable bonds is 9. The van der Waals surface area contributed by atoms with Crippen LogP contribution in [0.3, 0.4) is 0 Å². The van der Waals surface area contributed by atoms with Crippen LogP contribution >= 0.6 is 0 Å². The molecule has 2 aromatic rings. The lowest BCUT2D eigenvalue weighted by molar-refractivity contribution is -0.140. The van der Waals surface area contributed by atoms with E-state index in [0.717, 1.165) is 0 Å². The zero-order valence-corrected chi connectivity index (χ0v) is 18.1. The fraction of sp³-hybridized carbons (Fsp3) is 0.375. The summed E-state index contributed by atoms with van der Waals surface area (Å²) in [7, 11) is 0. The number of hydrogen-bond donors (Lipinski definition) is 1. The van der Waals surface area contributed by atoms with Crippen LogP contribution in [0.2, 0.25) is 0 Å². The van der Waals surface area contributed by atoms with Gasteiger partial charge in [0, 0.05) is 31.1 Å². The molecule has 1 amide bonds. The van der Waals surface area contributed by atoms with Gasteiger partial charge in [0.1, 0.15) is 11.5 Å². The summed E-state index contributed by atoms with van der Waals surface area (Å²) in [6, 6.07) is 9.65. The molecule has 1 aromatic carbocycles. The van der Waals surface area contributed by atoms with Crippen LogP contribution in [0.25, 0.3) is 5.76 Å². The standard InChI is InChI=1S/C24H28N2O5/c1-4-30-19-8-5-7-18(15-19)22(27)20-21(17-9-11-25-12-10-17)26(24(29)23(20)28)13-6-14-31-16(2)3/h5,7-12,15-16,21,27H,4,6,13-14H2,1-3H3/b22-20-. The van der Waals surface area contributed by atoms with Crippen LogP contribution < -0.4 is 4.74 Å². The number of carbonyl (C=O) groups is 2. The van der Waals surface area contributed by atoms with Crippen LogP contribution in [0, 0.1) is 0 Å². The highest BCUT2D eigenvalue weighted by molar-refractivity contribution is 6.46. The van der Waals surface area contributed by atoms with Crippen molar-refractivity contribution in [2.24, 2.45) is 0 Å². The third-order valence-corrected chi connectivity index (χ3v) is 4.97. The monoisotopic (exact) mass is 424 g/mol. The number of nitrogens with zero attached hydrogens (tertiary/aromatic N) is 2. The minimum Gasteiger partial charge on any atom is -0.507 e. The summed E-state index contributed by atoms with van der Waals surface area (Å²) in [6.07, 6.45) is 3.87. The minimum absolute atomic E-state index is 0.0645. The highest BCUT2D eigenvalue weighted by Crippen LogP contribution is 2.39. The van der Waals surface area contributed by atoms with E-state index in [-0.39, 0.29) is 17.4 Å². The molecule has 1 unspecified atom stereocenters. The molecule has 1 aliphatic rings. The molecule has 7 heteroatoms. The van der Waals surface area contributed by atoms with Gasteiger partial charge >= 0.3 is 0 Å². The molecule has 0 aliphatic carbocycles. The second-order valence-corrected chi connectivity index (χ2v) is 7.51. The summed E-state index contributed by atoms with van der Waals surface area (Å²) >= 11 is 0. The van der Waals surface area contributed by atoms with Gasteiger partial charge in [0.05, 0.1) is 24.3 Å². The fourth-order valence-electron chi connectivity index (χ4n) is 3.61. The van der Waals surface area contributed by atoms with E-state index in [1.807, 2.05) is 20.8 Å². The van der Waals surface area contributed by atoms with E-state index in [2.05, 4.69) is 4.98 Å². The van der Waals surface area contributed by atoms with Crippen LogP contribution in [-0.2, 0) is 14.3 Å². The molecule has 1 saturated heterocycles. The Morgan fingerprint density at radius 3 is 2.61 bits per heavy atom. The van der Waals surface area contributed by atoms with Gasteiger partial charge in [-0.15, -0.1) is 0 Å². The molecule has 0 spiro atoms. The first kappa shape index (κ1) is 22.5. The van der Waals surface area contributed by atoms with Gasteiger partial charge in [-0.05, 0) is 57.0 Å². The molecule has 0 saturated carbocycles. The quantitative estimate of drug-likeness (QED) is 0.286. The van der Waals surface area contributed by atoms with Crippen LogP contribution in [0.15, 0.2) is 54.4 Å². The summed E-state index contributed by atoms with van der Waals surface area (Å²) < 4.78 is 11.1. The fourth-order valence-corrected chi connectivity index (χ4v) is 3.61. The molecule has 0 bridgehead atoms. The molecule has 1 N–H and O–H groups in total. The number of hydrogen-bond acceptors (Lipinski definition) is 6. The number of aliphatic hydroxyl groups excluding tert-OH is 1. The van der Waals surface area contributed by atoms with Crippen molar-refractivity contribution in [2.45, 2.75) is 39.3 Å². The lowest BCUT2D eigenvalue weighted by Gasteiger charge is -2.25. The van der Waals surface area contributed by atoms with Gasteiger partial charge in [0.2, 0.25) is 0 Å². The largest absolute Gasteiger partial charge is 0.507 e. The number of carbonyl (C=O) groups excluding carboxylic acids is 2. The van der Waals surface area contributed by atoms with Crippen molar-refractivity contribution in [1.82, 2.24) is 9.88 Å². The summed E-state index contributed by atoms with van der Waals surface area (Å²) in [4.78, 5) is 31.4. The van der Waals surface area contributed by atoms with Crippen molar-refractivity contribution >= 4 is 17.4 Å². The molecule has 1 aromatic heterocycles. The lowest BCUT2D eigenvalue weighted by atomic mass is 9.96. The maximum atomic E-state index is 13.0. The van der Waals surface area contributed by atoms with E-state index >= 15 is 0 Å². The number of Topliss-reactive ketones (excluding diaryl/α,β-unsaturated/α-hetero) is 1. The number of likely N-dealkylation sites (tertiary alicyclic amines) is 1. The topological polar surface area (TPSA) is 89.0 Å². The number of amides is 1. The minimum atomic E-state index is -0.703. The van der Waals surface area contributed by atoms with Gasteiger partial charge in [-0.2, -0.15) is 0 Å². The highest BCUT2D eigenvalue weighted by atomic mass is 16.5. The van der Waals surface area contributed by atoms with Gasteiger partial charge in [-0.1, -0.05) is 12.1 Å². The molecule has 164 valence electrons. The van der Waals surface area contributed by atoms with Crippen molar-refractivity contribution in [3.8, 4) is 5.75 Å². The van der Waals surface area contributed by atoms with Crippen LogP contribution in [0.5, 0.6) is 5.75 Å². The average molecular weight is 424 g/mol. The van der Waals surface area contributed by atoms with E-state index in [1.165, 1.54) is 4.90 Å². The number of benzene rings is 1. The lowest BCUT2D eigenvalue weighted by Crippen LogP contribution is -2.31. The molecule has 31 heavy (non-hydrogen) atoms. The number of aliphatic hydroxyl groups is 1. The average Bonchev–Trinajstić information content (AvgIpc) is 3.02. The number of pyridine rings is 1. The van der Waals surface area contributed by atoms with Gasteiger partial charge in [0.25, 0.3) is 11.7 Å². The van der Waals surface area contributed by atoms with Crippen molar-refractivity contribution in [3.05, 3.63) is 65.5 Å². The Hall–Kier alpha value is -3.19. The Bertz CT molecular complexity index is 955. The SMILES string of the molecule is CCOc1cccc(/C(O)=C2/C(=O)C(=O)N(CCCOC(C)C)C2c2ccncc2)c1. The van der Waals surface area contributed by atoms with Crippen molar-refractivity contribution in [3.63, 3.8) is 0 Å². The van der Waals surface area contributed by atoms with E-state index in [0.29, 0.717) is 43.1 Å². The second kappa shape index (κ2) is 10.2. The van der Waals surface area contributed by atoms with E-state index < -0.39 is 17.7 Å². The Balaban J connectivity index is 2.00. The molecule has 2 heterocycles. The van der Waals surface area contributed by atoms with Crippen LogP contribution in [0.1, 0.15) is 44.4 Å². The molecule has 1 atom stereocenters. The molecule has 7 nitrogen and oxygen atoms in total. The predicted octanol–water partition coefficient (Wildman–Crippen LogP) is 3.72. The second-order valence-electron chi connectivity index (χ2n) is 7.51. The third kappa shape index (κ3) is 5.11. The normalized spacial score (nSPS) is 18.1. The molecular formula is C24H28N2O5. The first-order valence-electron chi connectivity index (χ1n) is 10.5. The zero-order valence-electron chi connectivity index (χ0n) is 18.1. The van der Waals surface area contributed by atoms with Crippen LogP contribution in [-0.4, -0.2) is 52.5 Å². The Kier molecular flexibility index (Phi) is 7.41. The van der Waals surface area contributed by atoms with Crippen LogP contribution in [0.4, 0.5) is 0 Å². The molecule has 1 aliphatic heterocycles. The van der Waals surface area contributed by atoms with Gasteiger partial charge in [-0.3, -0.25) is 14.6 Å². The maximum Gasteiger partial charge on any atom is 0.295 e. The predicted molar refractivity (Wildman–Crippen MR) is 117 cm³/mol. The van der Waals surface area contributed by atoms with Gasteiger partial charge in [-0.25, -0.2) is 0 Å². The van der Waals surface area contributed by atoms with Gasteiger partial charge in [0.15, 0.2) is 0 Å². The molecule has 1 fully saturated rings. The first-order valence-corrected chi connectivity index (χ1v) is 10.5. The third-order valence-electron chi connectivity index (χ3n) is 4.97. The Morgan fingerprint density at radius 1 is 1.19 bits per heavy atom. The zero-order chi connectivity index (χ0) is 22.4. The number of ether oxygens (including phenoxy) is 2. The first-order chi connectivity index (χ1) is 14.9. The maximum absolute atomic E-state index is 13.0. The van der Waals surface area contributed by atoms with E-state index in [9.17, 15) is 14.7 Å². The summed E-state index contributed by atoms with van der Waals surface area (Å²) in [5.41, 5.74) is 1.20. The van der Waals surface area contributed by atoms with Crippen molar-refractivity contribution < 1.29 is 24.2 Å². The summed E-state index contributed by atoms with van der Waals surface area (Å²) in [5, 5.41) is 11.1. The van der Waals surface area contributed by atoms with E-state index in [1.54, 1.807) is 48.8 Å².